The highest BCUT2D eigenvalue weighted by atomic mass is 32.1. The van der Waals surface area contributed by atoms with Gasteiger partial charge in [-0.1, -0.05) is 6.07 Å². The fourth-order valence-electron chi connectivity index (χ4n) is 1.94. The average Bonchev–Trinajstić information content (AvgIpc) is 2.74. The first kappa shape index (κ1) is 13.5. The topological polar surface area (TPSA) is 53.4 Å². The molecule has 0 aliphatic heterocycles. The van der Waals surface area contributed by atoms with Gasteiger partial charge in [-0.2, -0.15) is 0 Å². The molecule has 1 heterocycles. The van der Waals surface area contributed by atoms with E-state index in [0.29, 0.717) is 5.69 Å². The van der Waals surface area contributed by atoms with Crippen molar-refractivity contribution < 1.29 is 9.90 Å². The summed E-state index contributed by atoms with van der Waals surface area (Å²) in [6.45, 7) is 4.12. The molecule has 100 valence electrons. The van der Waals surface area contributed by atoms with Gasteiger partial charge in [0, 0.05) is 18.1 Å². The van der Waals surface area contributed by atoms with Crippen molar-refractivity contribution in [3.63, 3.8) is 0 Å². The van der Waals surface area contributed by atoms with Gasteiger partial charge in [0.05, 0.1) is 12.1 Å². The number of anilines is 2. The molecule has 0 saturated heterocycles. The Hall–Kier alpha value is -1.88. The zero-order chi connectivity index (χ0) is 14.0. The molecule has 1 aromatic heterocycles. The fourth-order valence-corrected chi connectivity index (χ4v) is 2.75. The fraction of sp³-hybridized carbons (Fsp3) is 0.286. The van der Waals surface area contributed by atoms with Gasteiger partial charge in [-0.15, -0.1) is 11.3 Å². The van der Waals surface area contributed by atoms with E-state index in [9.17, 15) is 4.79 Å². The van der Waals surface area contributed by atoms with Gasteiger partial charge in [0.1, 0.15) is 0 Å². The second-order valence-corrected chi connectivity index (χ2v) is 5.43. The second-order valence-electron chi connectivity index (χ2n) is 4.60. The molecule has 0 radical (unpaired) electrons. The Morgan fingerprint density at radius 2 is 1.95 bits per heavy atom. The van der Waals surface area contributed by atoms with Crippen molar-refractivity contribution in [1.29, 1.82) is 0 Å². The third kappa shape index (κ3) is 3.32. The summed E-state index contributed by atoms with van der Waals surface area (Å²) in [5.41, 5.74) is 4.06. The monoisotopic (exact) mass is 276 g/mol. The Morgan fingerprint density at radius 3 is 2.53 bits per heavy atom. The van der Waals surface area contributed by atoms with Gasteiger partial charge >= 0.3 is 5.97 Å². The van der Waals surface area contributed by atoms with E-state index in [4.69, 9.17) is 5.11 Å². The largest absolute Gasteiger partial charge is 0.481 e. The molecule has 19 heavy (non-hydrogen) atoms. The molecule has 2 aromatic rings. The predicted molar refractivity (Wildman–Crippen MR) is 77.4 cm³/mol. The van der Waals surface area contributed by atoms with Crippen LogP contribution >= 0.6 is 11.3 Å². The lowest BCUT2D eigenvalue weighted by atomic mass is 10.1. The Kier molecular flexibility index (Phi) is 3.85. The lowest BCUT2D eigenvalue weighted by Gasteiger charge is -2.17. The molecule has 1 aromatic carbocycles. The number of carbonyl (C=O) groups is 1. The number of aliphatic carboxylic acids is 1. The first-order chi connectivity index (χ1) is 8.95. The van der Waals surface area contributed by atoms with Crippen LogP contribution < -0.4 is 4.90 Å². The van der Waals surface area contributed by atoms with Gasteiger partial charge in [-0.3, -0.25) is 4.79 Å². The molecule has 0 saturated carbocycles. The van der Waals surface area contributed by atoms with Crippen molar-refractivity contribution in [3.05, 3.63) is 40.4 Å². The summed E-state index contributed by atoms with van der Waals surface area (Å²) in [7, 11) is 1.94. The van der Waals surface area contributed by atoms with Crippen LogP contribution in [0.1, 0.15) is 16.8 Å². The molecule has 0 spiro atoms. The van der Waals surface area contributed by atoms with E-state index in [2.05, 4.69) is 37.0 Å². The van der Waals surface area contributed by atoms with Crippen LogP contribution in [0, 0.1) is 13.8 Å². The second kappa shape index (κ2) is 5.40. The average molecular weight is 276 g/mol. The maximum atomic E-state index is 10.7. The summed E-state index contributed by atoms with van der Waals surface area (Å²) in [6, 6.07) is 6.30. The van der Waals surface area contributed by atoms with E-state index < -0.39 is 5.97 Å². The maximum absolute atomic E-state index is 10.7. The number of benzene rings is 1. The number of carboxylic acid groups (broad SMARTS) is 1. The molecular weight excluding hydrogens is 260 g/mol. The summed E-state index contributed by atoms with van der Waals surface area (Å²) in [5, 5.41) is 11.4. The Balaban J connectivity index is 2.25. The van der Waals surface area contributed by atoms with E-state index in [0.717, 1.165) is 10.8 Å². The van der Waals surface area contributed by atoms with Gasteiger partial charge < -0.3 is 10.0 Å². The Labute approximate surface area is 116 Å². The number of nitrogens with zero attached hydrogens (tertiary/aromatic N) is 2. The summed E-state index contributed by atoms with van der Waals surface area (Å²) >= 11 is 1.46. The zero-order valence-electron chi connectivity index (χ0n) is 11.2. The van der Waals surface area contributed by atoms with Crippen LogP contribution in [0.5, 0.6) is 0 Å². The third-order valence-electron chi connectivity index (χ3n) is 2.75. The van der Waals surface area contributed by atoms with Crippen molar-refractivity contribution in [3.8, 4) is 0 Å². The van der Waals surface area contributed by atoms with E-state index in [1.54, 1.807) is 5.38 Å². The Bertz CT molecular complexity index is 587. The quantitative estimate of drug-likeness (QED) is 0.932. The van der Waals surface area contributed by atoms with Crippen LogP contribution in [0.15, 0.2) is 23.6 Å². The Morgan fingerprint density at radius 1 is 1.32 bits per heavy atom. The summed E-state index contributed by atoms with van der Waals surface area (Å²) in [5.74, 6) is -0.856. The number of carboxylic acids is 1. The van der Waals surface area contributed by atoms with E-state index >= 15 is 0 Å². The minimum atomic E-state index is -0.856. The van der Waals surface area contributed by atoms with Crippen molar-refractivity contribution in [2.45, 2.75) is 20.3 Å². The molecule has 0 bridgehead atoms. The van der Waals surface area contributed by atoms with Crippen LogP contribution in [0.2, 0.25) is 0 Å². The highest BCUT2D eigenvalue weighted by Crippen LogP contribution is 2.28. The molecule has 0 atom stereocenters. The van der Waals surface area contributed by atoms with Gasteiger partial charge in [-0.25, -0.2) is 4.98 Å². The number of rotatable bonds is 4. The number of hydrogen-bond acceptors (Lipinski definition) is 4. The standard InChI is InChI=1S/C14H16N2O2S/c1-9-4-10(2)6-12(5-9)16(3)14-15-11(8-19-14)7-13(17)18/h4-6,8H,7H2,1-3H3,(H,17,18). The minimum Gasteiger partial charge on any atom is -0.481 e. The molecule has 2 rings (SSSR count). The first-order valence-corrected chi connectivity index (χ1v) is 6.82. The van der Waals surface area contributed by atoms with Gasteiger partial charge in [-0.05, 0) is 37.1 Å². The van der Waals surface area contributed by atoms with Crippen LogP contribution in [-0.4, -0.2) is 23.1 Å². The lowest BCUT2D eigenvalue weighted by molar-refractivity contribution is -0.136. The summed E-state index contributed by atoms with van der Waals surface area (Å²) < 4.78 is 0. The smallest absolute Gasteiger partial charge is 0.309 e. The normalized spacial score (nSPS) is 10.5. The molecule has 0 unspecified atom stereocenters. The van der Waals surface area contributed by atoms with E-state index in [-0.39, 0.29) is 6.42 Å². The van der Waals surface area contributed by atoms with E-state index in [1.165, 1.54) is 22.5 Å². The van der Waals surface area contributed by atoms with Crippen LogP contribution in [0.3, 0.4) is 0 Å². The maximum Gasteiger partial charge on any atom is 0.309 e. The van der Waals surface area contributed by atoms with Gasteiger partial charge in [0.25, 0.3) is 0 Å². The minimum absolute atomic E-state index is 0.0306. The molecule has 0 aliphatic carbocycles. The molecule has 0 aliphatic rings. The van der Waals surface area contributed by atoms with Crippen LogP contribution in [0.4, 0.5) is 10.8 Å². The summed E-state index contributed by atoms with van der Waals surface area (Å²) in [4.78, 5) is 17.0. The van der Waals surface area contributed by atoms with Crippen molar-refractivity contribution in [2.75, 3.05) is 11.9 Å². The molecule has 1 N–H and O–H groups in total. The number of aryl methyl sites for hydroxylation is 2. The van der Waals surface area contributed by atoms with Crippen LogP contribution in [-0.2, 0) is 11.2 Å². The molecule has 0 fully saturated rings. The lowest BCUT2D eigenvalue weighted by Crippen LogP contribution is -2.10. The molecule has 0 amide bonds. The SMILES string of the molecule is Cc1cc(C)cc(N(C)c2nc(CC(=O)O)cs2)c1. The predicted octanol–water partition coefficient (Wildman–Crippen LogP) is 3.15. The number of thiazole rings is 1. The first-order valence-electron chi connectivity index (χ1n) is 5.94. The molecule has 4 nitrogen and oxygen atoms in total. The summed E-state index contributed by atoms with van der Waals surface area (Å²) in [6.07, 6.45) is -0.0306. The highest BCUT2D eigenvalue weighted by Gasteiger charge is 2.11. The van der Waals surface area contributed by atoms with Crippen molar-refractivity contribution >= 4 is 28.1 Å². The third-order valence-corrected chi connectivity index (χ3v) is 3.72. The van der Waals surface area contributed by atoms with Gasteiger partial charge in [0.15, 0.2) is 5.13 Å². The molecular formula is C14H16N2O2S. The van der Waals surface area contributed by atoms with Crippen molar-refractivity contribution in [2.24, 2.45) is 0 Å². The highest BCUT2D eigenvalue weighted by molar-refractivity contribution is 7.13. The van der Waals surface area contributed by atoms with E-state index in [1.807, 2.05) is 11.9 Å². The number of hydrogen-bond donors (Lipinski definition) is 1. The zero-order valence-corrected chi connectivity index (χ0v) is 12.0. The van der Waals surface area contributed by atoms with Crippen LogP contribution in [0.25, 0.3) is 0 Å². The number of aromatic nitrogens is 1. The van der Waals surface area contributed by atoms with Gasteiger partial charge in [0.2, 0.25) is 0 Å². The van der Waals surface area contributed by atoms with Crippen molar-refractivity contribution in [1.82, 2.24) is 4.98 Å². The molecule has 5 heteroatoms.